The van der Waals surface area contributed by atoms with Gasteiger partial charge in [0, 0.05) is 25.2 Å². The van der Waals surface area contributed by atoms with Crippen molar-refractivity contribution in [1.29, 1.82) is 0 Å². The van der Waals surface area contributed by atoms with Gasteiger partial charge in [-0.2, -0.15) is 0 Å². The highest BCUT2D eigenvalue weighted by Crippen LogP contribution is 2.29. The van der Waals surface area contributed by atoms with Crippen LogP contribution in [0.15, 0.2) is 48.5 Å². The number of carbonyl (C=O) groups is 2. The number of rotatable bonds is 2. The van der Waals surface area contributed by atoms with Crippen LogP contribution in [0.5, 0.6) is 0 Å². The SMILES string of the molecule is O=C1CCc2cc(F)c(NC(=O)N3CCC=C(c4ccccc4)C3)cc2N1. The van der Waals surface area contributed by atoms with Gasteiger partial charge in [0.15, 0.2) is 0 Å². The molecule has 3 amide bonds. The molecule has 0 aromatic heterocycles. The molecule has 0 atom stereocenters. The molecule has 0 radical (unpaired) electrons. The Morgan fingerprint density at radius 3 is 2.78 bits per heavy atom. The maximum atomic E-state index is 14.4. The van der Waals surface area contributed by atoms with Crippen LogP contribution in [0.3, 0.4) is 0 Å². The van der Waals surface area contributed by atoms with E-state index in [2.05, 4.69) is 16.7 Å². The minimum Gasteiger partial charge on any atom is -0.326 e. The van der Waals surface area contributed by atoms with E-state index in [4.69, 9.17) is 0 Å². The first-order valence-electron chi connectivity index (χ1n) is 9.03. The number of hydrogen-bond acceptors (Lipinski definition) is 2. The van der Waals surface area contributed by atoms with Gasteiger partial charge in [-0.3, -0.25) is 4.79 Å². The standard InChI is InChI=1S/C21H20FN3O2/c22-17-11-15-8-9-20(26)23-18(15)12-19(17)24-21(27)25-10-4-7-16(13-25)14-5-2-1-3-6-14/h1-3,5-7,11-12H,4,8-10,13H2,(H,23,26)(H,24,27). The van der Waals surface area contributed by atoms with Crippen LogP contribution in [-0.4, -0.2) is 29.9 Å². The second-order valence-corrected chi connectivity index (χ2v) is 6.77. The number of nitrogens with one attached hydrogen (secondary N) is 2. The van der Waals surface area contributed by atoms with Crippen molar-refractivity contribution in [1.82, 2.24) is 4.90 Å². The lowest BCUT2D eigenvalue weighted by molar-refractivity contribution is -0.116. The average Bonchev–Trinajstić information content (AvgIpc) is 2.69. The predicted octanol–water partition coefficient (Wildman–Crippen LogP) is 4.03. The number of aryl methyl sites for hydroxylation is 1. The Balaban J connectivity index is 1.49. The number of urea groups is 1. The minimum absolute atomic E-state index is 0.0803. The van der Waals surface area contributed by atoms with Crippen LogP contribution in [0.25, 0.3) is 5.57 Å². The largest absolute Gasteiger partial charge is 0.326 e. The third-order valence-corrected chi connectivity index (χ3v) is 4.91. The number of fused-ring (bicyclic) bond motifs is 1. The predicted molar refractivity (Wildman–Crippen MR) is 103 cm³/mol. The van der Waals surface area contributed by atoms with Crippen molar-refractivity contribution in [2.45, 2.75) is 19.3 Å². The molecule has 2 heterocycles. The van der Waals surface area contributed by atoms with Gasteiger partial charge in [0.2, 0.25) is 5.91 Å². The number of benzene rings is 2. The maximum absolute atomic E-state index is 14.4. The van der Waals surface area contributed by atoms with Gasteiger partial charge < -0.3 is 15.5 Å². The van der Waals surface area contributed by atoms with E-state index in [1.54, 1.807) is 4.90 Å². The van der Waals surface area contributed by atoms with Crippen LogP contribution < -0.4 is 10.6 Å². The summed E-state index contributed by atoms with van der Waals surface area (Å²) in [6.45, 7) is 1.05. The molecule has 0 saturated carbocycles. The van der Waals surface area contributed by atoms with Crippen LogP contribution in [-0.2, 0) is 11.2 Å². The monoisotopic (exact) mass is 365 g/mol. The first-order valence-corrected chi connectivity index (χ1v) is 9.03. The quantitative estimate of drug-likeness (QED) is 0.844. The zero-order chi connectivity index (χ0) is 18.8. The van der Waals surface area contributed by atoms with Gasteiger partial charge in [-0.1, -0.05) is 36.4 Å². The van der Waals surface area contributed by atoms with Crippen molar-refractivity contribution in [2.75, 3.05) is 23.7 Å². The van der Waals surface area contributed by atoms with Gasteiger partial charge in [0.25, 0.3) is 0 Å². The summed E-state index contributed by atoms with van der Waals surface area (Å²) in [6, 6.07) is 12.4. The van der Waals surface area contributed by atoms with Crippen LogP contribution >= 0.6 is 0 Å². The number of anilines is 2. The van der Waals surface area contributed by atoms with Gasteiger partial charge in [-0.25, -0.2) is 9.18 Å². The molecule has 2 aliphatic heterocycles. The topological polar surface area (TPSA) is 61.4 Å². The lowest BCUT2D eigenvalue weighted by Gasteiger charge is -2.28. The van der Waals surface area contributed by atoms with Gasteiger partial charge >= 0.3 is 6.03 Å². The average molecular weight is 365 g/mol. The van der Waals surface area contributed by atoms with Crippen molar-refractivity contribution in [2.24, 2.45) is 0 Å². The molecule has 2 aliphatic rings. The molecular formula is C21H20FN3O2. The number of amides is 3. The van der Waals surface area contributed by atoms with Crippen LogP contribution in [0.1, 0.15) is 24.0 Å². The van der Waals surface area contributed by atoms with E-state index >= 15 is 0 Å². The minimum atomic E-state index is -0.492. The number of hydrogen-bond donors (Lipinski definition) is 2. The van der Waals surface area contributed by atoms with Crippen LogP contribution in [0.2, 0.25) is 0 Å². The third-order valence-electron chi connectivity index (χ3n) is 4.91. The molecule has 0 bridgehead atoms. The van der Waals surface area contributed by atoms with E-state index < -0.39 is 5.82 Å². The van der Waals surface area contributed by atoms with E-state index in [9.17, 15) is 14.0 Å². The molecule has 2 aromatic rings. The second kappa shape index (κ2) is 7.23. The second-order valence-electron chi connectivity index (χ2n) is 6.77. The van der Waals surface area contributed by atoms with Gasteiger partial charge in [-0.05, 0) is 41.7 Å². The summed E-state index contributed by atoms with van der Waals surface area (Å²) in [5.41, 5.74) is 3.55. The summed E-state index contributed by atoms with van der Waals surface area (Å²) in [6.07, 6.45) is 3.73. The molecule has 0 aliphatic carbocycles. The maximum Gasteiger partial charge on any atom is 0.322 e. The van der Waals surface area contributed by atoms with Gasteiger partial charge in [0.05, 0.1) is 5.69 Å². The Morgan fingerprint density at radius 2 is 1.96 bits per heavy atom. The molecule has 138 valence electrons. The lowest BCUT2D eigenvalue weighted by atomic mass is 10.0. The smallest absolute Gasteiger partial charge is 0.322 e. The summed E-state index contributed by atoms with van der Waals surface area (Å²) < 4.78 is 14.4. The number of carbonyl (C=O) groups excluding carboxylic acids is 2. The summed E-state index contributed by atoms with van der Waals surface area (Å²) in [4.78, 5) is 25.9. The molecule has 2 N–H and O–H groups in total. The molecule has 0 unspecified atom stereocenters. The first-order chi connectivity index (χ1) is 13.1. The van der Waals surface area contributed by atoms with Crippen molar-refractivity contribution >= 4 is 28.9 Å². The molecule has 2 aromatic carbocycles. The Kier molecular flexibility index (Phi) is 4.62. The van der Waals surface area contributed by atoms with E-state index in [0.717, 1.165) is 23.1 Å². The lowest BCUT2D eigenvalue weighted by Crippen LogP contribution is -2.38. The molecule has 6 heteroatoms. The molecule has 0 fully saturated rings. The zero-order valence-electron chi connectivity index (χ0n) is 14.8. The molecule has 4 rings (SSSR count). The normalized spacial score (nSPS) is 16.3. The van der Waals surface area contributed by atoms with Gasteiger partial charge in [-0.15, -0.1) is 0 Å². The van der Waals surface area contributed by atoms with Crippen molar-refractivity contribution < 1.29 is 14.0 Å². The third kappa shape index (κ3) is 3.69. The summed E-state index contributed by atoms with van der Waals surface area (Å²) >= 11 is 0. The van der Waals surface area contributed by atoms with Crippen molar-refractivity contribution in [3.8, 4) is 0 Å². The summed E-state index contributed by atoms with van der Waals surface area (Å²) in [5.74, 6) is -0.589. The van der Waals surface area contributed by atoms with Crippen LogP contribution in [0, 0.1) is 5.82 Å². The number of halogens is 1. The fourth-order valence-electron chi connectivity index (χ4n) is 3.47. The zero-order valence-corrected chi connectivity index (χ0v) is 14.8. The molecule has 5 nitrogen and oxygen atoms in total. The van der Waals surface area contributed by atoms with Crippen molar-refractivity contribution in [3.05, 3.63) is 65.5 Å². The fourth-order valence-corrected chi connectivity index (χ4v) is 3.47. The number of nitrogens with zero attached hydrogens (tertiary/aromatic N) is 1. The Morgan fingerprint density at radius 1 is 1.15 bits per heavy atom. The van der Waals surface area contributed by atoms with E-state index in [1.807, 2.05) is 30.3 Å². The highest BCUT2D eigenvalue weighted by atomic mass is 19.1. The molecular weight excluding hydrogens is 345 g/mol. The van der Waals surface area contributed by atoms with Gasteiger partial charge in [0.1, 0.15) is 5.82 Å². The highest BCUT2D eigenvalue weighted by Gasteiger charge is 2.22. The first kappa shape index (κ1) is 17.3. The Bertz CT molecular complexity index is 925. The Hall–Kier alpha value is -3.15. The molecule has 0 saturated heterocycles. The van der Waals surface area contributed by atoms with Crippen molar-refractivity contribution in [3.63, 3.8) is 0 Å². The van der Waals surface area contributed by atoms with E-state index in [0.29, 0.717) is 31.6 Å². The molecule has 0 spiro atoms. The summed E-state index contributed by atoms with van der Waals surface area (Å²) in [7, 11) is 0. The highest BCUT2D eigenvalue weighted by molar-refractivity contribution is 5.96. The molecule has 27 heavy (non-hydrogen) atoms. The van der Waals surface area contributed by atoms with E-state index in [1.165, 1.54) is 12.1 Å². The van der Waals surface area contributed by atoms with Crippen LogP contribution in [0.4, 0.5) is 20.6 Å². The van der Waals surface area contributed by atoms with E-state index in [-0.39, 0.29) is 17.6 Å². The fraction of sp³-hybridized carbons (Fsp3) is 0.238. The Labute approximate surface area is 156 Å². The summed E-state index contributed by atoms with van der Waals surface area (Å²) in [5, 5.41) is 5.38.